The lowest BCUT2D eigenvalue weighted by molar-refractivity contribution is 0.101. The Kier molecular flexibility index (Phi) is 5.92. The number of nitrogens with zero attached hydrogens (tertiary/aromatic N) is 4. The summed E-state index contributed by atoms with van der Waals surface area (Å²) in [4.78, 5) is 12.6. The standard InChI is InChI=1S/C18H18N4O4S/c1-24-13-6-4-12(5-7-13)22-18(19-20-21-22)27-11-16(23)15-9-8-14(25-2)10-17(15)26-3/h4-10H,11H2,1-3H3. The molecule has 0 atom stereocenters. The van der Waals surface area contributed by atoms with Crippen molar-refractivity contribution in [2.75, 3.05) is 27.1 Å². The number of carbonyl (C=O) groups excluding carboxylic acids is 1. The summed E-state index contributed by atoms with van der Waals surface area (Å²) < 4.78 is 17.2. The number of methoxy groups -OCH3 is 3. The topological polar surface area (TPSA) is 88.4 Å². The number of ether oxygens (including phenoxy) is 3. The molecule has 140 valence electrons. The highest BCUT2D eigenvalue weighted by atomic mass is 32.2. The predicted molar refractivity (Wildman–Crippen MR) is 100 cm³/mol. The van der Waals surface area contributed by atoms with Crippen LogP contribution in [0, 0.1) is 0 Å². The number of hydrogen-bond acceptors (Lipinski definition) is 8. The molecule has 0 saturated heterocycles. The minimum absolute atomic E-state index is 0.0937. The molecule has 8 nitrogen and oxygen atoms in total. The Morgan fingerprint density at radius 1 is 1.00 bits per heavy atom. The fourth-order valence-electron chi connectivity index (χ4n) is 2.39. The summed E-state index contributed by atoms with van der Waals surface area (Å²) in [6.45, 7) is 0. The molecule has 0 spiro atoms. The number of rotatable bonds is 8. The number of thioether (sulfide) groups is 1. The van der Waals surface area contributed by atoms with Gasteiger partial charge in [0.05, 0.1) is 38.3 Å². The van der Waals surface area contributed by atoms with Crippen LogP contribution >= 0.6 is 11.8 Å². The lowest BCUT2D eigenvalue weighted by atomic mass is 10.1. The summed E-state index contributed by atoms with van der Waals surface area (Å²) in [6.07, 6.45) is 0. The van der Waals surface area contributed by atoms with Crippen LogP contribution in [0.25, 0.3) is 5.69 Å². The van der Waals surface area contributed by atoms with Crippen LogP contribution in [-0.2, 0) is 0 Å². The van der Waals surface area contributed by atoms with Gasteiger partial charge in [0.2, 0.25) is 5.16 Å². The Morgan fingerprint density at radius 2 is 1.70 bits per heavy atom. The van der Waals surface area contributed by atoms with Crippen LogP contribution in [0.5, 0.6) is 17.2 Å². The van der Waals surface area contributed by atoms with Crippen molar-refractivity contribution in [2.24, 2.45) is 0 Å². The van der Waals surface area contributed by atoms with Crippen molar-refractivity contribution in [2.45, 2.75) is 5.16 Å². The van der Waals surface area contributed by atoms with Crippen LogP contribution < -0.4 is 14.2 Å². The minimum atomic E-state index is -0.0937. The number of ketones is 1. The quantitative estimate of drug-likeness (QED) is 0.431. The van der Waals surface area contributed by atoms with Gasteiger partial charge >= 0.3 is 0 Å². The number of benzene rings is 2. The van der Waals surface area contributed by atoms with Gasteiger partial charge in [-0.15, -0.1) is 5.10 Å². The van der Waals surface area contributed by atoms with E-state index in [1.807, 2.05) is 24.3 Å². The first-order valence-corrected chi connectivity index (χ1v) is 8.95. The van der Waals surface area contributed by atoms with Crippen LogP contribution in [0.3, 0.4) is 0 Å². The molecular formula is C18H18N4O4S. The van der Waals surface area contributed by atoms with Crippen molar-refractivity contribution in [1.29, 1.82) is 0 Å². The van der Waals surface area contributed by atoms with Crippen molar-refractivity contribution in [1.82, 2.24) is 20.2 Å². The molecule has 0 N–H and O–H groups in total. The molecule has 0 amide bonds. The van der Waals surface area contributed by atoms with E-state index in [-0.39, 0.29) is 11.5 Å². The van der Waals surface area contributed by atoms with E-state index in [2.05, 4.69) is 15.5 Å². The molecule has 9 heteroatoms. The molecule has 0 aliphatic heterocycles. The molecule has 0 saturated carbocycles. The van der Waals surface area contributed by atoms with E-state index < -0.39 is 0 Å². The number of Topliss-reactive ketones (excluding diaryl/α,β-unsaturated/α-hetero) is 1. The zero-order chi connectivity index (χ0) is 19.2. The zero-order valence-electron chi connectivity index (χ0n) is 15.1. The lowest BCUT2D eigenvalue weighted by Crippen LogP contribution is -2.07. The van der Waals surface area contributed by atoms with E-state index in [1.54, 1.807) is 37.1 Å². The van der Waals surface area contributed by atoms with Gasteiger partial charge in [-0.2, -0.15) is 4.68 Å². The molecule has 27 heavy (non-hydrogen) atoms. The number of carbonyl (C=O) groups is 1. The maximum Gasteiger partial charge on any atom is 0.214 e. The Morgan fingerprint density at radius 3 is 2.37 bits per heavy atom. The van der Waals surface area contributed by atoms with Crippen molar-refractivity contribution in [3.8, 4) is 22.9 Å². The SMILES string of the molecule is COc1ccc(-n2nnnc2SCC(=O)c2ccc(OC)cc2OC)cc1. The van der Waals surface area contributed by atoms with E-state index in [9.17, 15) is 4.79 Å². The second-order valence-electron chi connectivity index (χ2n) is 5.35. The van der Waals surface area contributed by atoms with Crippen LogP contribution in [-0.4, -0.2) is 53.1 Å². The Labute approximate surface area is 160 Å². The first-order valence-electron chi connectivity index (χ1n) is 7.97. The van der Waals surface area contributed by atoms with Crippen molar-refractivity contribution < 1.29 is 19.0 Å². The van der Waals surface area contributed by atoms with Gasteiger partial charge < -0.3 is 14.2 Å². The van der Waals surface area contributed by atoms with Crippen LogP contribution in [0.4, 0.5) is 0 Å². The normalized spacial score (nSPS) is 10.5. The molecule has 2 aromatic carbocycles. The first-order chi connectivity index (χ1) is 13.2. The molecule has 0 aliphatic rings. The summed E-state index contributed by atoms with van der Waals surface area (Å²) >= 11 is 1.25. The van der Waals surface area contributed by atoms with Crippen LogP contribution in [0.15, 0.2) is 47.6 Å². The van der Waals surface area contributed by atoms with Gasteiger partial charge in [-0.25, -0.2) is 0 Å². The largest absolute Gasteiger partial charge is 0.497 e. The van der Waals surface area contributed by atoms with Gasteiger partial charge in [-0.3, -0.25) is 4.79 Å². The molecule has 3 rings (SSSR count). The highest BCUT2D eigenvalue weighted by molar-refractivity contribution is 7.99. The van der Waals surface area contributed by atoms with E-state index >= 15 is 0 Å². The Bertz CT molecular complexity index is 927. The van der Waals surface area contributed by atoms with Gasteiger partial charge in [-0.05, 0) is 46.8 Å². The summed E-state index contributed by atoms with van der Waals surface area (Å²) in [5, 5.41) is 12.2. The number of aromatic nitrogens is 4. The summed E-state index contributed by atoms with van der Waals surface area (Å²) in [6, 6.07) is 12.4. The maximum atomic E-state index is 12.6. The van der Waals surface area contributed by atoms with Crippen molar-refractivity contribution in [3.63, 3.8) is 0 Å². The second kappa shape index (κ2) is 8.54. The van der Waals surface area contributed by atoms with Gasteiger partial charge in [0, 0.05) is 6.07 Å². The third-order valence-corrected chi connectivity index (χ3v) is 4.72. The Balaban J connectivity index is 1.74. The van der Waals surface area contributed by atoms with E-state index in [0.717, 1.165) is 11.4 Å². The molecule has 0 bridgehead atoms. The van der Waals surface area contributed by atoms with Crippen molar-refractivity contribution in [3.05, 3.63) is 48.0 Å². The third-order valence-electron chi connectivity index (χ3n) is 3.80. The molecule has 0 fully saturated rings. The molecule has 3 aromatic rings. The summed E-state index contributed by atoms with van der Waals surface area (Å²) in [5.41, 5.74) is 1.26. The number of tetrazole rings is 1. The average Bonchev–Trinajstić information content (AvgIpc) is 3.20. The van der Waals surface area contributed by atoms with E-state index in [4.69, 9.17) is 14.2 Å². The van der Waals surface area contributed by atoms with Gasteiger partial charge in [-0.1, -0.05) is 11.8 Å². The summed E-state index contributed by atoms with van der Waals surface area (Å²) in [7, 11) is 4.68. The average molecular weight is 386 g/mol. The summed E-state index contributed by atoms with van der Waals surface area (Å²) in [5.74, 6) is 1.90. The smallest absolute Gasteiger partial charge is 0.214 e. The minimum Gasteiger partial charge on any atom is -0.497 e. The Hall–Kier alpha value is -3.07. The molecular weight excluding hydrogens is 368 g/mol. The van der Waals surface area contributed by atoms with Gasteiger partial charge in [0.1, 0.15) is 17.2 Å². The van der Waals surface area contributed by atoms with E-state index in [1.165, 1.54) is 18.9 Å². The molecule has 1 aromatic heterocycles. The fourth-order valence-corrected chi connectivity index (χ4v) is 3.17. The molecule has 0 unspecified atom stereocenters. The monoisotopic (exact) mass is 386 g/mol. The van der Waals surface area contributed by atoms with Crippen LogP contribution in [0.1, 0.15) is 10.4 Å². The second-order valence-corrected chi connectivity index (χ2v) is 6.29. The lowest BCUT2D eigenvalue weighted by Gasteiger charge is -2.09. The van der Waals surface area contributed by atoms with E-state index in [0.29, 0.717) is 22.2 Å². The number of hydrogen-bond donors (Lipinski definition) is 0. The van der Waals surface area contributed by atoms with Gasteiger partial charge in [0.15, 0.2) is 5.78 Å². The highest BCUT2D eigenvalue weighted by Gasteiger charge is 2.16. The fraction of sp³-hybridized carbons (Fsp3) is 0.222. The maximum absolute atomic E-state index is 12.6. The highest BCUT2D eigenvalue weighted by Crippen LogP contribution is 2.27. The van der Waals surface area contributed by atoms with Crippen LogP contribution in [0.2, 0.25) is 0 Å². The van der Waals surface area contributed by atoms with Gasteiger partial charge in [0.25, 0.3) is 0 Å². The molecule has 0 aliphatic carbocycles. The third kappa shape index (κ3) is 4.20. The zero-order valence-corrected chi connectivity index (χ0v) is 15.9. The predicted octanol–water partition coefficient (Wildman–Crippen LogP) is 2.66. The molecule has 0 radical (unpaired) electrons. The molecule has 1 heterocycles. The van der Waals surface area contributed by atoms with Crippen molar-refractivity contribution >= 4 is 17.5 Å². The first kappa shape index (κ1) is 18.7.